The molecular formula is C23H23NO6S. The first-order valence-corrected chi connectivity index (χ1v) is 10.3. The van der Waals surface area contributed by atoms with E-state index in [2.05, 4.69) is 4.99 Å². The van der Waals surface area contributed by atoms with E-state index >= 15 is 0 Å². The minimum Gasteiger partial charge on any atom is -0.506 e. The Bertz CT molecular complexity index is 1070. The number of esters is 1. The smallest absolute Gasteiger partial charge is 0.344 e. The fourth-order valence-electron chi connectivity index (χ4n) is 2.92. The molecule has 0 amide bonds. The molecule has 1 N–H and O–H groups in total. The lowest BCUT2D eigenvalue weighted by molar-refractivity contribution is -0.138. The highest BCUT2D eigenvalue weighted by Gasteiger charge is 2.33. The Kier molecular flexibility index (Phi) is 7.25. The van der Waals surface area contributed by atoms with Gasteiger partial charge in [0, 0.05) is 5.56 Å². The highest BCUT2D eigenvalue weighted by atomic mass is 32.2. The summed E-state index contributed by atoms with van der Waals surface area (Å²) < 4.78 is 21.2. The summed E-state index contributed by atoms with van der Waals surface area (Å²) in [5, 5.41) is 11.2. The Labute approximate surface area is 185 Å². The molecule has 0 radical (unpaired) electrons. The number of hydrogen-bond donors (Lipinski definition) is 1. The number of carbonyl (C=O) groups excluding carboxylic acids is 1. The molecule has 0 unspecified atom stereocenters. The minimum absolute atomic E-state index is 0.00543. The van der Waals surface area contributed by atoms with Gasteiger partial charge < -0.3 is 24.1 Å². The van der Waals surface area contributed by atoms with Gasteiger partial charge in [0.05, 0.1) is 32.8 Å². The number of carbonyl (C=O) groups is 1. The van der Waals surface area contributed by atoms with Crippen LogP contribution in [0.1, 0.15) is 12.5 Å². The molecule has 162 valence electrons. The molecule has 31 heavy (non-hydrogen) atoms. The largest absolute Gasteiger partial charge is 0.506 e. The Morgan fingerprint density at radius 2 is 1.81 bits per heavy atom. The number of nitrogens with zero attached hydrogens (tertiary/aromatic N) is 1. The number of thioether (sulfide) groups is 1. The number of aliphatic imine (C=N–C) groups is 1. The summed E-state index contributed by atoms with van der Waals surface area (Å²) in [5.74, 6) is 0.913. The van der Waals surface area contributed by atoms with Gasteiger partial charge in [0.1, 0.15) is 39.3 Å². The number of rotatable bonds is 7. The van der Waals surface area contributed by atoms with E-state index in [1.165, 1.54) is 0 Å². The van der Waals surface area contributed by atoms with Gasteiger partial charge in [0.25, 0.3) is 0 Å². The van der Waals surface area contributed by atoms with E-state index in [0.29, 0.717) is 38.4 Å². The van der Waals surface area contributed by atoms with Crippen LogP contribution in [0.4, 0.5) is 5.69 Å². The van der Waals surface area contributed by atoms with Crippen LogP contribution in [-0.2, 0) is 9.53 Å². The van der Waals surface area contributed by atoms with Gasteiger partial charge in [-0.1, -0.05) is 23.9 Å². The third kappa shape index (κ3) is 4.86. The molecule has 2 aromatic rings. The molecule has 1 heterocycles. The van der Waals surface area contributed by atoms with Crippen LogP contribution in [0.2, 0.25) is 0 Å². The lowest BCUT2D eigenvalue weighted by Crippen LogP contribution is -2.12. The van der Waals surface area contributed by atoms with Crippen LogP contribution in [0.25, 0.3) is 6.08 Å². The third-order valence-corrected chi connectivity index (χ3v) is 5.42. The summed E-state index contributed by atoms with van der Waals surface area (Å²) in [6.45, 7) is 1.87. The van der Waals surface area contributed by atoms with Crippen molar-refractivity contribution in [2.75, 3.05) is 27.9 Å². The number of aliphatic hydroxyl groups is 1. The topological polar surface area (TPSA) is 86.6 Å². The Balaban J connectivity index is 2.11. The van der Waals surface area contributed by atoms with Crippen molar-refractivity contribution in [1.82, 2.24) is 0 Å². The maximum absolute atomic E-state index is 12.6. The standard InChI is InChI=1S/C23H23NO6S/c1-5-30-23(26)20-21(25)19(13-14-12-15(27-2)10-11-17(14)28-3)31-22(20)24-16-8-6-7-9-18(16)29-4/h6-13,25H,5H2,1-4H3/b19-13+,24-22?. The van der Waals surface area contributed by atoms with Gasteiger partial charge in [0.2, 0.25) is 0 Å². The molecule has 1 aliphatic heterocycles. The van der Waals surface area contributed by atoms with Gasteiger partial charge in [-0.05, 0) is 43.3 Å². The molecule has 0 atom stereocenters. The fourth-order valence-corrected chi connectivity index (χ4v) is 3.94. The highest BCUT2D eigenvalue weighted by Crippen LogP contribution is 2.42. The molecule has 1 aliphatic rings. The average molecular weight is 442 g/mol. The van der Waals surface area contributed by atoms with Crippen LogP contribution < -0.4 is 14.2 Å². The Morgan fingerprint density at radius 1 is 1.06 bits per heavy atom. The summed E-state index contributed by atoms with van der Waals surface area (Å²) in [6.07, 6.45) is 1.71. The normalized spacial score (nSPS) is 16.0. The SMILES string of the molecule is CCOC(=O)C1=C(O)/C(=C\c2cc(OC)ccc2OC)SC1=Nc1ccccc1OC. The van der Waals surface area contributed by atoms with Crippen LogP contribution in [0.3, 0.4) is 0 Å². The number of ether oxygens (including phenoxy) is 4. The summed E-state index contributed by atoms with van der Waals surface area (Å²) in [7, 11) is 4.66. The van der Waals surface area contributed by atoms with Crippen LogP contribution in [-0.4, -0.2) is 44.1 Å². The molecule has 0 fully saturated rings. The second-order valence-electron chi connectivity index (χ2n) is 6.25. The predicted molar refractivity (Wildman–Crippen MR) is 121 cm³/mol. The molecule has 3 rings (SSSR count). The summed E-state index contributed by atoms with van der Waals surface area (Å²) in [5.41, 5.74) is 1.21. The molecule has 7 nitrogen and oxygen atoms in total. The summed E-state index contributed by atoms with van der Waals surface area (Å²) in [4.78, 5) is 17.6. The first-order valence-electron chi connectivity index (χ1n) is 9.46. The lowest BCUT2D eigenvalue weighted by Gasteiger charge is -2.08. The van der Waals surface area contributed by atoms with Crippen molar-refractivity contribution >= 4 is 34.5 Å². The van der Waals surface area contributed by atoms with E-state index in [9.17, 15) is 9.90 Å². The molecule has 0 saturated carbocycles. The molecule has 0 aliphatic carbocycles. The zero-order chi connectivity index (χ0) is 22.4. The maximum atomic E-state index is 12.6. The van der Waals surface area contributed by atoms with Crippen molar-refractivity contribution in [1.29, 1.82) is 0 Å². The fraction of sp³-hybridized carbons (Fsp3) is 0.217. The van der Waals surface area contributed by atoms with E-state index in [1.807, 2.05) is 12.1 Å². The molecule has 0 spiro atoms. The molecule has 8 heteroatoms. The third-order valence-electron chi connectivity index (χ3n) is 4.40. The predicted octanol–water partition coefficient (Wildman–Crippen LogP) is 4.91. The Hall–Kier alpha value is -3.39. The maximum Gasteiger partial charge on any atom is 0.344 e. The van der Waals surface area contributed by atoms with Gasteiger partial charge in [-0.15, -0.1) is 0 Å². The molecule has 0 bridgehead atoms. The zero-order valence-corrected chi connectivity index (χ0v) is 18.5. The molecule has 2 aromatic carbocycles. The van der Waals surface area contributed by atoms with E-state index in [0.717, 1.165) is 11.8 Å². The van der Waals surface area contributed by atoms with Crippen molar-refractivity contribution in [3.63, 3.8) is 0 Å². The average Bonchev–Trinajstić information content (AvgIpc) is 3.08. The molecule has 0 aromatic heterocycles. The highest BCUT2D eigenvalue weighted by molar-refractivity contribution is 8.18. The van der Waals surface area contributed by atoms with Gasteiger partial charge in [-0.25, -0.2) is 9.79 Å². The van der Waals surface area contributed by atoms with E-state index in [-0.39, 0.29) is 17.9 Å². The van der Waals surface area contributed by atoms with Crippen LogP contribution in [0.5, 0.6) is 17.2 Å². The number of methoxy groups -OCH3 is 3. The van der Waals surface area contributed by atoms with Crippen molar-refractivity contribution < 1.29 is 28.8 Å². The molecule has 0 saturated heterocycles. The first-order chi connectivity index (χ1) is 15.0. The first kappa shape index (κ1) is 22.3. The number of aliphatic hydroxyl groups excluding tert-OH is 1. The van der Waals surface area contributed by atoms with Gasteiger partial charge in [-0.2, -0.15) is 0 Å². The van der Waals surface area contributed by atoms with Crippen LogP contribution in [0, 0.1) is 0 Å². The minimum atomic E-state index is -0.651. The van der Waals surface area contributed by atoms with E-state index < -0.39 is 5.97 Å². The van der Waals surface area contributed by atoms with Gasteiger partial charge >= 0.3 is 5.97 Å². The number of hydrogen-bond acceptors (Lipinski definition) is 8. The quantitative estimate of drug-likeness (QED) is 0.611. The van der Waals surface area contributed by atoms with Crippen LogP contribution in [0.15, 0.2) is 63.7 Å². The lowest BCUT2D eigenvalue weighted by atomic mass is 10.1. The van der Waals surface area contributed by atoms with Crippen molar-refractivity contribution in [2.45, 2.75) is 6.92 Å². The summed E-state index contributed by atoms with van der Waals surface area (Å²) in [6, 6.07) is 12.5. The van der Waals surface area contributed by atoms with E-state index in [4.69, 9.17) is 18.9 Å². The number of para-hydroxylation sites is 2. The number of benzene rings is 2. The van der Waals surface area contributed by atoms with Crippen molar-refractivity contribution in [3.05, 3.63) is 64.3 Å². The zero-order valence-electron chi connectivity index (χ0n) is 17.7. The van der Waals surface area contributed by atoms with Gasteiger partial charge in [0.15, 0.2) is 0 Å². The van der Waals surface area contributed by atoms with Crippen molar-refractivity contribution in [3.8, 4) is 17.2 Å². The van der Waals surface area contributed by atoms with Crippen LogP contribution >= 0.6 is 11.8 Å². The summed E-state index contributed by atoms with van der Waals surface area (Å²) >= 11 is 1.16. The molecular weight excluding hydrogens is 418 g/mol. The van der Waals surface area contributed by atoms with Gasteiger partial charge in [-0.3, -0.25) is 0 Å². The Morgan fingerprint density at radius 3 is 2.48 bits per heavy atom. The van der Waals surface area contributed by atoms with E-state index in [1.54, 1.807) is 64.7 Å². The second-order valence-corrected chi connectivity index (χ2v) is 7.28. The monoisotopic (exact) mass is 441 g/mol. The second kappa shape index (κ2) is 10.1. The van der Waals surface area contributed by atoms with Crippen molar-refractivity contribution in [2.24, 2.45) is 4.99 Å².